The number of terminal acetylenes is 1. The lowest BCUT2D eigenvalue weighted by atomic mass is 9.92. The molecule has 27 heavy (non-hydrogen) atoms. The lowest BCUT2D eigenvalue weighted by molar-refractivity contribution is -0.145. The second kappa shape index (κ2) is 7.57. The van der Waals surface area contributed by atoms with Crippen LogP contribution in [-0.2, 0) is 16.5 Å². The maximum absolute atomic E-state index is 13.3. The fourth-order valence-electron chi connectivity index (χ4n) is 2.23. The second-order valence-corrected chi connectivity index (χ2v) is 5.93. The van der Waals surface area contributed by atoms with E-state index >= 15 is 0 Å². The van der Waals surface area contributed by atoms with Crippen molar-refractivity contribution < 1.29 is 22.4 Å². The zero-order chi connectivity index (χ0) is 20.2. The van der Waals surface area contributed by atoms with Gasteiger partial charge in [0.05, 0.1) is 5.71 Å². The average molecular weight is 381 g/mol. The zero-order valence-corrected chi connectivity index (χ0v) is 14.4. The number of aromatic nitrogens is 3. The van der Waals surface area contributed by atoms with E-state index in [1.807, 2.05) is 0 Å². The molecule has 0 fully saturated rings. The maximum Gasteiger partial charge on any atom is 0.453 e. The third-order valence-corrected chi connectivity index (χ3v) is 3.62. The Hall–Kier alpha value is -3.22. The molecule has 1 aromatic carbocycles. The van der Waals surface area contributed by atoms with Gasteiger partial charge in [-0.05, 0) is 26.0 Å². The van der Waals surface area contributed by atoms with Crippen molar-refractivity contribution in [2.75, 3.05) is 6.54 Å². The first-order valence-corrected chi connectivity index (χ1v) is 7.59. The Balaban J connectivity index is 2.59. The molecule has 6 nitrogen and oxygen atoms in total. The van der Waals surface area contributed by atoms with Gasteiger partial charge in [-0.15, -0.1) is 11.5 Å². The number of hydrazone groups is 1. The van der Waals surface area contributed by atoms with Crippen molar-refractivity contribution in [3.8, 4) is 12.3 Å². The van der Waals surface area contributed by atoms with Crippen molar-refractivity contribution in [1.29, 1.82) is 0 Å². The molecule has 0 aliphatic carbocycles. The van der Waals surface area contributed by atoms with Crippen LogP contribution >= 0.6 is 0 Å². The fraction of sp³-hybridized carbons (Fsp3) is 0.294. The molecule has 0 unspecified atom stereocenters. The average Bonchev–Trinajstić information content (AvgIpc) is 3.11. The van der Waals surface area contributed by atoms with E-state index in [-0.39, 0.29) is 12.3 Å². The highest BCUT2D eigenvalue weighted by Crippen LogP contribution is 2.28. The minimum Gasteiger partial charge on any atom is -0.277 e. The SMILES string of the molecule is C#CCN(C=O)N=C(c1ccc(F)cc1)C(C)(C)n1cnc(C(F)(F)F)n1. The highest BCUT2D eigenvalue weighted by atomic mass is 19.4. The van der Waals surface area contributed by atoms with E-state index in [0.717, 1.165) is 28.2 Å². The van der Waals surface area contributed by atoms with E-state index < -0.39 is 23.4 Å². The summed E-state index contributed by atoms with van der Waals surface area (Å²) in [7, 11) is 0. The molecule has 0 radical (unpaired) electrons. The van der Waals surface area contributed by atoms with Crippen LogP contribution < -0.4 is 0 Å². The Morgan fingerprint density at radius 1 is 1.33 bits per heavy atom. The number of alkyl halides is 3. The zero-order valence-electron chi connectivity index (χ0n) is 14.4. The van der Waals surface area contributed by atoms with Crippen LogP contribution in [0.15, 0.2) is 35.7 Å². The summed E-state index contributed by atoms with van der Waals surface area (Å²) in [5.74, 6) is 0.422. The van der Waals surface area contributed by atoms with Crippen LogP contribution in [0.5, 0.6) is 0 Å². The van der Waals surface area contributed by atoms with Crippen LogP contribution in [0.25, 0.3) is 0 Å². The summed E-state index contributed by atoms with van der Waals surface area (Å²) >= 11 is 0. The van der Waals surface area contributed by atoms with Gasteiger partial charge in [-0.1, -0.05) is 18.1 Å². The van der Waals surface area contributed by atoms with Crippen molar-refractivity contribution in [3.05, 3.63) is 47.8 Å². The Morgan fingerprint density at radius 2 is 1.96 bits per heavy atom. The van der Waals surface area contributed by atoms with Crippen molar-refractivity contribution in [1.82, 2.24) is 19.8 Å². The number of carbonyl (C=O) groups excluding carboxylic acids is 1. The number of hydrogen-bond donors (Lipinski definition) is 0. The number of hydrogen-bond acceptors (Lipinski definition) is 4. The predicted octanol–water partition coefficient (Wildman–Crippen LogP) is 2.67. The lowest BCUT2D eigenvalue weighted by Gasteiger charge is -2.28. The van der Waals surface area contributed by atoms with Crippen LogP contribution in [0.3, 0.4) is 0 Å². The quantitative estimate of drug-likeness (QED) is 0.254. The van der Waals surface area contributed by atoms with Gasteiger partial charge >= 0.3 is 6.18 Å². The Morgan fingerprint density at radius 3 is 2.44 bits per heavy atom. The minimum atomic E-state index is -4.72. The summed E-state index contributed by atoms with van der Waals surface area (Å²) in [5, 5.41) is 8.53. The van der Waals surface area contributed by atoms with Gasteiger partial charge in [0.2, 0.25) is 6.41 Å². The molecule has 10 heteroatoms. The number of halogens is 4. The number of carbonyl (C=O) groups is 1. The summed E-state index contributed by atoms with van der Waals surface area (Å²) in [4.78, 5) is 14.5. The van der Waals surface area contributed by atoms with E-state index in [4.69, 9.17) is 6.42 Å². The van der Waals surface area contributed by atoms with Gasteiger partial charge in [-0.2, -0.15) is 18.3 Å². The first kappa shape index (κ1) is 20.1. The summed E-state index contributed by atoms with van der Waals surface area (Å²) in [5.41, 5.74) is -0.762. The largest absolute Gasteiger partial charge is 0.453 e. The molecule has 2 aromatic rings. The van der Waals surface area contributed by atoms with Crippen molar-refractivity contribution >= 4 is 12.1 Å². The molecular weight excluding hydrogens is 366 g/mol. The number of benzene rings is 1. The smallest absolute Gasteiger partial charge is 0.277 e. The summed E-state index contributed by atoms with van der Waals surface area (Å²) < 4.78 is 52.7. The highest BCUT2D eigenvalue weighted by Gasteiger charge is 2.38. The molecule has 0 N–H and O–H groups in total. The predicted molar refractivity (Wildman–Crippen MR) is 88.9 cm³/mol. The summed E-state index contributed by atoms with van der Waals surface area (Å²) in [6.45, 7) is 2.90. The molecule has 0 aliphatic rings. The van der Waals surface area contributed by atoms with E-state index in [0.29, 0.717) is 12.0 Å². The van der Waals surface area contributed by atoms with Crippen LogP contribution in [0.4, 0.5) is 17.6 Å². The van der Waals surface area contributed by atoms with Crippen molar-refractivity contribution in [3.63, 3.8) is 0 Å². The van der Waals surface area contributed by atoms with Gasteiger partial charge in [-0.3, -0.25) is 4.79 Å². The molecular formula is C17H15F4N5O. The second-order valence-electron chi connectivity index (χ2n) is 5.93. The number of nitrogens with zero attached hydrogens (tertiary/aromatic N) is 5. The van der Waals surface area contributed by atoms with Gasteiger partial charge in [-0.25, -0.2) is 19.1 Å². The van der Waals surface area contributed by atoms with E-state index in [2.05, 4.69) is 21.1 Å². The van der Waals surface area contributed by atoms with Gasteiger partial charge in [0.1, 0.15) is 24.2 Å². The van der Waals surface area contributed by atoms with Crippen molar-refractivity contribution in [2.45, 2.75) is 25.6 Å². The third kappa shape index (κ3) is 4.49. The highest BCUT2D eigenvalue weighted by molar-refractivity contribution is 6.05. The lowest BCUT2D eigenvalue weighted by Crippen LogP contribution is -2.39. The maximum atomic E-state index is 13.3. The molecule has 0 aliphatic heterocycles. The Labute approximate surface area is 152 Å². The topological polar surface area (TPSA) is 63.4 Å². The minimum absolute atomic E-state index is 0.142. The van der Waals surface area contributed by atoms with Crippen LogP contribution in [0, 0.1) is 18.2 Å². The summed E-state index contributed by atoms with van der Waals surface area (Å²) in [6, 6.07) is 5.10. The molecule has 0 spiro atoms. The molecule has 0 saturated heterocycles. The van der Waals surface area contributed by atoms with E-state index in [1.54, 1.807) is 0 Å². The third-order valence-electron chi connectivity index (χ3n) is 3.62. The molecule has 142 valence electrons. The molecule has 0 bridgehead atoms. The standard InChI is InChI=1S/C17H15F4N5O/c1-4-9-25(11-27)23-14(12-5-7-13(18)8-6-12)16(2,3)26-10-22-15(24-26)17(19,20)21/h1,5-8,10-11H,9H2,2-3H3. The van der Waals surface area contributed by atoms with E-state index in [1.165, 1.54) is 26.0 Å². The van der Waals surface area contributed by atoms with Crippen molar-refractivity contribution in [2.24, 2.45) is 5.10 Å². The van der Waals surface area contributed by atoms with Crippen LogP contribution in [0.2, 0.25) is 0 Å². The molecule has 1 amide bonds. The molecule has 0 saturated carbocycles. The Bertz CT molecular complexity index is 878. The first-order chi connectivity index (χ1) is 12.6. The monoisotopic (exact) mass is 381 g/mol. The molecule has 1 aromatic heterocycles. The van der Waals surface area contributed by atoms with Crippen LogP contribution in [0.1, 0.15) is 25.2 Å². The fourth-order valence-corrected chi connectivity index (χ4v) is 2.23. The molecule has 0 atom stereocenters. The summed E-state index contributed by atoms with van der Waals surface area (Å²) in [6.07, 6.45) is 1.76. The number of rotatable bonds is 6. The number of amides is 1. The van der Waals surface area contributed by atoms with Gasteiger partial charge in [0.25, 0.3) is 5.82 Å². The first-order valence-electron chi connectivity index (χ1n) is 7.59. The van der Waals surface area contributed by atoms with Crippen LogP contribution in [-0.4, -0.2) is 38.4 Å². The van der Waals surface area contributed by atoms with E-state index in [9.17, 15) is 22.4 Å². The van der Waals surface area contributed by atoms with Gasteiger partial charge in [0.15, 0.2) is 0 Å². The molecule has 2 rings (SSSR count). The van der Waals surface area contributed by atoms with Gasteiger partial charge in [0, 0.05) is 5.56 Å². The van der Waals surface area contributed by atoms with Gasteiger partial charge < -0.3 is 0 Å². The molecule has 1 heterocycles. The Kier molecular flexibility index (Phi) is 5.64. The normalized spacial score (nSPS) is 12.6.